The van der Waals surface area contributed by atoms with Crippen molar-refractivity contribution < 1.29 is 9.13 Å². The molecule has 0 radical (unpaired) electrons. The molecule has 2 aromatic carbocycles. The molecule has 2 heterocycles. The van der Waals surface area contributed by atoms with Crippen LogP contribution in [0.1, 0.15) is 50.7 Å². The molecule has 29 heavy (non-hydrogen) atoms. The van der Waals surface area contributed by atoms with Crippen molar-refractivity contribution in [1.29, 1.82) is 0 Å². The van der Waals surface area contributed by atoms with Gasteiger partial charge in [-0.25, -0.2) is 4.39 Å². The van der Waals surface area contributed by atoms with Crippen LogP contribution < -0.4 is 10.1 Å². The van der Waals surface area contributed by atoms with Crippen LogP contribution in [0.2, 0.25) is 0 Å². The molecule has 2 fully saturated rings. The lowest BCUT2D eigenvalue weighted by molar-refractivity contribution is -0.143. The molecule has 1 N–H and O–H groups in total. The molecule has 2 aromatic rings. The van der Waals surface area contributed by atoms with E-state index in [2.05, 4.69) is 48.3 Å². The normalized spacial score (nSPS) is 32.1. The third-order valence-corrected chi connectivity index (χ3v) is 7.18. The van der Waals surface area contributed by atoms with Crippen LogP contribution in [0.15, 0.2) is 54.6 Å². The molecule has 4 atom stereocenters. The Hall–Kier alpha value is -1.91. The highest BCUT2D eigenvalue weighted by Crippen LogP contribution is 2.50. The van der Waals surface area contributed by atoms with Gasteiger partial charge in [-0.05, 0) is 62.8 Å². The molecule has 4 rings (SSSR count). The van der Waals surface area contributed by atoms with Gasteiger partial charge in [-0.1, -0.05) is 42.5 Å². The Morgan fingerprint density at radius 2 is 1.76 bits per heavy atom. The predicted octanol–water partition coefficient (Wildman–Crippen LogP) is 5.10. The number of hydrogen-bond acceptors (Lipinski definition) is 3. The summed E-state index contributed by atoms with van der Waals surface area (Å²) in [5, 5.41) is 3.55. The molecule has 0 unspecified atom stereocenters. The van der Waals surface area contributed by atoms with Gasteiger partial charge in [0.2, 0.25) is 0 Å². The van der Waals surface area contributed by atoms with Gasteiger partial charge in [0, 0.05) is 24.7 Å². The van der Waals surface area contributed by atoms with Gasteiger partial charge in [-0.3, -0.25) is 4.90 Å². The first-order valence-electron chi connectivity index (χ1n) is 10.8. The third kappa shape index (κ3) is 3.93. The Morgan fingerprint density at radius 1 is 1.03 bits per heavy atom. The van der Waals surface area contributed by atoms with Crippen LogP contribution in [0, 0.1) is 0 Å². The Bertz CT molecular complexity index is 811. The molecule has 2 aliphatic rings. The highest BCUT2D eigenvalue weighted by atomic mass is 19.1. The monoisotopic (exact) mass is 396 g/mol. The fraction of sp³-hybridized carbons (Fsp3) is 0.520. The molecule has 0 amide bonds. The van der Waals surface area contributed by atoms with E-state index in [-0.39, 0.29) is 11.6 Å². The largest absolute Gasteiger partial charge is 0.497 e. The minimum Gasteiger partial charge on any atom is -0.497 e. The lowest BCUT2D eigenvalue weighted by atomic mass is 9.66. The topological polar surface area (TPSA) is 24.5 Å². The van der Waals surface area contributed by atoms with E-state index in [0.29, 0.717) is 0 Å². The van der Waals surface area contributed by atoms with Gasteiger partial charge in [-0.15, -0.1) is 0 Å². The summed E-state index contributed by atoms with van der Waals surface area (Å²) < 4.78 is 21.2. The molecule has 0 aromatic heterocycles. The van der Waals surface area contributed by atoms with Gasteiger partial charge in [0.25, 0.3) is 0 Å². The average molecular weight is 397 g/mol. The second-order valence-electron chi connectivity index (χ2n) is 9.22. The van der Waals surface area contributed by atoms with E-state index in [1.165, 1.54) is 11.1 Å². The molecular weight excluding hydrogens is 363 g/mol. The van der Waals surface area contributed by atoms with E-state index >= 15 is 4.39 Å². The lowest BCUT2D eigenvalue weighted by Crippen LogP contribution is -2.73. The van der Waals surface area contributed by atoms with Crippen molar-refractivity contribution in [1.82, 2.24) is 10.2 Å². The van der Waals surface area contributed by atoms with Gasteiger partial charge < -0.3 is 10.1 Å². The number of piperidine rings is 2. The van der Waals surface area contributed by atoms with Gasteiger partial charge in [0.05, 0.1) is 12.6 Å². The summed E-state index contributed by atoms with van der Waals surface area (Å²) in [6, 6.07) is 18.4. The lowest BCUT2D eigenvalue weighted by Gasteiger charge is -2.62. The molecule has 0 spiro atoms. The summed E-state index contributed by atoms with van der Waals surface area (Å²) in [6.07, 6.45) is 3.07. The molecule has 0 saturated carbocycles. The van der Waals surface area contributed by atoms with Gasteiger partial charge in [0.15, 0.2) is 0 Å². The molecule has 2 aliphatic heterocycles. The van der Waals surface area contributed by atoms with E-state index in [1.807, 2.05) is 30.3 Å². The van der Waals surface area contributed by atoms with Crippen LogP contribution in [0.5, 0.6) is 5.75 Å². The van der Waals surface area contributed by atoms with Crippen LogP contribution in [0.3, 0.4) is 0 Å². The third-order valence-electron chi connectivity index (χ3n) is 7.18. The van der Waals surface area contributed by atoms with Crippen molar-refractivity contribution in [2.75, 3.05) is 7.11 Å². The van der Waals surface area contributed by atoms with E-state index in [1.54, 1.807) is 7.11 Å². The number of rotatable bonds is 6. The maximum Gasteiger partial charge on any atom is 0.133 e. The summed E-state index contributed by atoms with van der Waals surface area (Å²) in [5.74, 6) is 0.860. The zero-order valence-corrected chi connectivity index (χ0v) is 17.8. The number of halogens is 1. The number of nitrogens with zero attached hydrogens (tertiary/aromatic N) is 1. The average Bonchev–Trinajstić information content (AvgIpc) is 2.74. The number of alkyl halides is 1. The van der Waals surface area contributed by atoms with E-state index in [9.17, 15) is 0 Å². The number of ether oxygens (including phenoxy) is 1. The van der Waals surface area contributed by atoms with Crippen molar-refractivity contribution in [3.63, 3.8) is 0 Å². The first kappa shape index (κ1) is 20.4. The SMILES string of the molecule is COc1ccc(CN2[C@]3(C)CCC[C@@]2(C)[C@H](F)[C@H](NCc2ccccc2)C3)cc1. The molecule has 156 valence electrons. The second kappa shape index (κ2) is 8.08. The molecule has 4 heteroatoms. The Kier molecular flexibility index (Phi) is 5.67. The van der Waals surface area contributed by atoms with Gasteiger partial charge >= 0.3 is 0 Å². The minimum absolute atomic E-state index is 0.00384. The number of nitrogens with one attached hydrogen (secondary N) is 1. The van der Waals surface area contributed by atoms with Crippen LogP contribution in [0.25, 0.3) is 0 Å². The van der Waals surface area contributed by atoms with Crippen molar-refractivity contribution in [2.24, 2.45) is 0 Å². The molecule has 2 bridgehead atoms. The predicted molar refractivity (Wildman–Crippen MR) is 116 cm³/mol. The molecule has 2 saturated heterocycles. The summed E-state index contributed by atoms with van der Waals surface area (Å²) in [7, 11) is 1.68. The fourth-order valence-electron chi connectivity index (χ4n) is 5.53. The van der Waals surface area contributed by atoms with Crippen molar-refractivity contribution in [3.8, 4) is 5.75 Å². The van der Waals surface area contributed by atoms with Crippen molar-refractivity contribution in [3.05, 3.63) is 65.7 Å². The van der Waals surface area contributed by atoms with Crippen LogP contribution in [-0.2, 0) is 13.1 Å². The Balaban J connectivity index is 1.53. The zero-order chi connectivity index (χ0) is 20.5. The zero-order valence-electron chi connectivity index (χ0n) is 17.8. The standard InChI is InChI=1S/C25H33FN2O/c1-24-14-7-15-25(2,28(24)18-20-10-12-21(29-3)13-11-20)23(26)22(16-24)27-17-19-8-5-4-6-9-19/h4-6,8-13,22-23,27H,7,14-18H2,1-3H3/t22-,23-,24-,25+/m1/s1. The Labute approximate surface area is 174 Å². The summed E-state index contributed by atoms with van der Waals surface area (Å²) in [5.41, 5.74) is 1.98. The maximum absolute atomic E-state index is 15.9. The fourth-order valence-corrected chi connectivity index (χ4v) is 5.53. The summed E-state index contributed by atoms with van der Waals surface area (Å²) in [6.45, 7) is 5.96. The summed E-state index contributed by atoms with van der Waals surface area (Å²) >= 11 is 0. The van der Waals surface area contributed by atoms with Crippen molar-refractivity contribution in [2.45, 2.75) is 75.9 Å². The minimum atomic E-state index is -0.891. The van der Waals surface area contributed by atoms with Gasteiger partial charge in [0.1, 0.15) is 11.9 Å². The number of hydrogen-bond donors (Lipinski definition) is 1. The smallest absolute Gasteiger partial charge is 0.133 e. The van der Waals surface area contributed by atoms with Crippen LogP contribution in [-0.4, -0.2) is 35.3 Å². The molecule has 3 nitrogen and oxygen atoms in total. The van der Waals surface area contributed by atoms with Gasteiger partial charge in [-0.2, -0.15) is 0 Å². The summed E-state index contributed by atoms with van der Waals surface area (Å²) in [4.78, 5) is 2.46. The quantitative estimate of drug-likeness (QED) is 0.735. The number of benzene rings is 2. The Morgan fingerprint density at radius 3 is 2.45 bits per heavy atom. The van der Waals surface area contributed by atoms with Crippen LogP contribution >= 0.6 is 0 Å². The van der Waals surface area contributed by atoms with E-state index in [4.69, 9.17) is 4.74 Å². The molecular formula is C25H33FN2O. The number of fused-ring (bicyclic) bond motifs is 2. The van der Waals surface area contributed by atoms with E-state index in [0.717, 1.165) is 44.5 Å². The highest BCUT2D eigenvalue weighted by Gasteiger charge is 2.57. The first-order chi connectivity index (χ1) is 13.9. The van der Waals surface area contributed by atoms with E-state index < -0.39 is 11.7 Å². The molecule has 0 aliphatic carbocycles. The van der Waals surface area contributed by atoms with Crippen LogP contribution in [0.4, 0.5) is 4.39 Å². The highest BCUT2D eigenvalue weighted by molar-refractivity contribution is 5.28. The first-order valence-corrected chi connectivity index (χ1v) is 10.8. The maximum atomic E-state index is 15.9. The number of methoxy groups -OCH3 is 1. The second-order valence-corrected chi connectivity index (χ2v) is 9.22. The van der Waals surface area contributed by atoms with Crippen molar-refractivity contribution >= 4 is 0 Å².